The minimum Gasteiger partial charge on any atom is -0.497 e. The molecule has 0 spiro atoms. The van der Waals surface area contributed by atoms with Gasteiger partial charge in [-0.15, -0.1) is 0 Å². The van der Waals surface area contributed by atoms with Crippen LogP contribution in [0.1, 0.15) is 24.2 Å². The molecule has 0 saturated heterocycles. The second-order valence-electron chi connectivity index (χ2n) is 4.64. The highest BCUT2D eigenvalue weighted by Crippen LogP contribution is 2.26. The third-order valence-electron chi connectivity index (χ3n) is 3.35. The fourth-order valence-electron chi connectivity index (χ4n) is 2.14. The summed E-state index contributed by atoms with van der Waals surface area (Å²) in [5, 5.41) is 0. The number of H-pyrrole nitrogens is 1. The molecule has 0 radical (unpaired) electrons. The summed E-state index contributed by atoms with van der Waals surface area (Å²) in [6.07, 6.45) is 1.77. The minimum atomic E-state index is 0.175. The summed E-state index contributed by atoms with van der Waals surface area (Å²) in [7, 11) is 1.67. The molecule has 1 atom stereocenters. The molecule has 0 bridgehead atoms. The van der Waals surface area contributed by atoms with Crippen molar-refractivity contribution in [1.29, 1.82) is 0 Å². The molecule has 0 aliphatic heterocycles. The number of hydrogen-bond donors (Lipinski definition) is 1. The summed E-state index contributed by atoms with van der Waals surface area (Å²) in [6, 6.07) is 10.00. The summed E-state index contributed by atoms with van der Waals surface area (Å²) in [4.78, 5) is 12.2. The van der Waals surface area contributed by atoms with Gasteiger partial charge in [0.25, 0.3) is 0 Å². The average Bonchev–Trinajstić information content (AvgIpc) is 2.89. The maximum Gasteiger partial charge on any atom is 0.157 e. The lowest BCUT2D eigenvalue weighted by Gasteiger charge is -2.09. The van der Waals surface area contributed by atoms with Crippen molar-refractivity contribution < 1.29 is 4.74 Å². The van der Waals surface area contributed by atoms with Gasteiger partial charge >= 0.3 is 0 Å². The van der Waals surface area contributed by atoms with Gasteiger partial charge in [-0.25, -0.2) is 9.97 Å². The predicted molar refractivity (Wildman–Crippen MR) is 82.1 cm³/mol. The van der Waals surface area contributed by atoms with E-state index in [9.17, 15) is 0 Å². The van der Waals surface area contributed by atoms with Crippen LogP contribution in [0.3, 0.4) is 0 Å². The second kappa shape index (κ2) is 5.25. The van der Waals surface area contributed by atoms with E-state index in [4.69, 9.17) is 4.74 Å². The van der Waals surface area contributed by atoms with Gasteiger partial charge in [0.15, 0.2) is 5.65 Å². The molecule has 0 amide bonds. The molecule has 0 aliphatic rings. The molecular formula is C15H14BrN3O. The fourth-order valence-corrected chi connectivity index (χ4v) is 2.46. The number of aromatic amines is 1. The highest BCUT2D eigenvalue weighted by atomic mass is 79.9. The Balaban J connectivity index is 1.96. The Bertz CT molecular complexity index is 736. The van der Waals surface area contributed by atoms with Crippen molar-refractivity contribution in [3.05, 3.63) is 52.4 Å². The quantitative estimate of drug-likeness (QED) is 0.792. The third-order valence-corrected chi connectivity index (χ3v) is 3.78. The number of nitrogens with one attached hydrogen (secondary N) is 1. The van der Waals surface area contributed by atoms with Crippen molar-refractivity contribution in [3.8, 4) is 5.75 Å². The Morgan fingerprint density at radius 1 is 1.25 bits per heavy atom. The van der Waals surface area contributed by atoms with Gasteiger partial charge in [-0.05, 0) is 39.7 Å². The third kappa shape index (κ3) is 2.41. The van der Waals surface area contributed by atoms with Gasteiger partial charge in [-0.2, -0.15) is 0 Å². The zero-order valence-corrected chi connectivity index (χ0v) is 12.8. The van der Waals surface area contributed by atoms with Gasteiger partial charge in [-0.1, -0.05) is 19.1 Å². The van der Waals surface area contributed by atoms with Crippen LogP contribution in [0.4, 0.5) is 0 Å². The second-order valence-corrected chi connectivity index (χ2v) is 5.55. The van der Waals surface area contributed by atoms with Gasteiger partial charge in [0.1, 0.15) is 17.1 Å². The highest BCUT2D eigenvalue weighted by Gasteiger charge is 2.13. The lowest BCUT2D eigenvalue weighted by Crippen LogP contribution is -1.98. The van der Waals surface area contributed by atoms with Crippen molar-refractivity contribution in [2.24, 2.45) is 0 Å². The first-order valence-electron chi connectivity index (χ1n) is 6.32. The Labute approximate surface area is 125 Å². The molecule has 20 heavy (non-hydrogen) atoms. The molecule has 4 nitrogen and oxygen atoms in total. The molecule has 2 heterocycles. The number of methoxy groups -OCH3 is 1. The zero-order chi connectivity index (χ0) is 14.1. The van der Waals surface area contributed by atoms with Crippen molar-refractivity contribution in [3.63, 3.8) is 0 Å². The number of ether oxygens (including phenoxy) is 1. The molecule has 3 aromatic rings. The van der Waals surface area contributed by atoms with Crippen LogP contribution in [0.2, 0.25) is 0 Å². The molecule has 0 fully saturated rings. The van der Waals surface area contributed by atoms with Crippen LogP contribution in [0.5, 0.6) is 5.75 Å². The number of halogens is 1. The standard InChI is InChI=1S/C15H14BrN3O/c1-9(10-3-5-12(20-2)6-4-10)14-18-13-7-11(16)8-17-15(13)19-14/h3-9H,1-2H3,(H,17,18,19). The Morgan fingerprint density at radius 3 is 2.70 bits per heavy atom. The zero-order valence-electron chi connectivity index (χ0n) is 11.2. The molecule has 1 N–H and O–H groups in total. The molecule has 3 rings (SSSR count). The van der Waals surface area contributed by atoms with E-state index < -0.39 is 0 Å². The van der Waals surface area contributed by atoms with Gasteiger partial charge < -0.3 is 9.72 Å². The molecule has 2 aromatic heterocycles. The van der Waals surface area contributed by atoms with E-state index in [0.717, 1.165) is 27.2 Å². The van der Waals surface area contributed by atoms with E-state index >= 15 is 0 Å². The molecule has 5 heteroatoms. The van der Waals surface area contributed by atoms with Gasteiger partial charge in [0.2, 0.25) is 0 Å². The number of aromatic nitrogens is 3. The lowest BCUT2D eigenvalue weighted by molar-refractivity contribution is 0.414. The largest absolute Gasteiger partial charge is 0.497 e. The molecular weight excluding hydrogens is 318 g/mol. The predicted octanol–water partition coefficient (Wildman–Crippen LogP) is 3.88. The SMILES string of the molecule is COc1ccc(C(C)c2nc3cc(Br)cnc3[nH]2)cc1. The maximum absolute atomic E-state index is 5.18. The van der Waals surface area contributed by atoms with Crippen molar-refractivity contribution >= 4 is 27.1 Å². The van der Waals surface area contributed by atoms with Crippen LogP contribution in [0.25, 0.3) is 11.2 Å². The number of imidazole rings is 1. The van der Waals surface area contributed by atoms with Crippen LogP contribution >= 0.6 is 15.9 Å². The topological polar surface area (TPSA) is 50.8 Å². The van der Waals surface area contributed by atoms with E-state index in [-0.39, 0.29) is 5.92 Å². The Hall–Kier alpha value is -1.88. The Morgan fingerprint density at radius 2 is 2.00 bits per heavy atom. The molecule has 0 aliphatic carbocycles. The van der Waals surface area contributed by atoms with Gasteiger partial charge in [0.05, 0.1) is 7.11 Å². The number of fused-ring (bicyclic) bond motifs is 1. The number of rotatable bonds is 3. The first-order chi connectivity index (χ1) is 9.67. The summed E-state index contributed by atoms with van der Waals surface area (Å²) >= 11 is 3.41. The number of benzene rings is 1. The minimum absolute atomic E-state index is 0.175. The number of pyridine rings is 1. The van der Waals surface area contributed by atoms with Crippen LogP contribution in [-0.2, 0) is 0 Å². The van der Waals surface area contributed by atoms with Crippen molar-refractivity contribution in [2.45, 2.75) is 12.8 Å². The van der Waals surface area contributed by atoms with Crippen molar-refractivity contribution in [2.75, 3.05) is 7.11 Å². The molecule has 1 aromatic carbocycles. The first kappa shape index (κ1) is 13.1. The first-order valence-corrected chi connectivity index (χ1v) is 7.12. The van der Waals surface area contributed by atoms with Crippen LogP contribution in [0.15, 0.2) is 41.0 Å². The summed E-state index contributed by atoms with van der Waals surface area (Å²) in [5.74, 6) is 1.95. The van der Waals surface area contributed by atoms with E-state index in [0.29, 0.717) is 0 Å². The monoisotopic (exact) mass is 331 g/mol. The highest BCUT2D eigenvalue weighted by molar-refractivity contribution is 9.10. The lowest BCUT2D eigenvalue weighted by atomic mass is 10.0. The van der Waals surface area contributed by atoms with E-state index in [1.54, 1.807) is 13.3 Å². The van der Waals surface area contributed by atoms with Gasteiger partial charge in [-0.3, -0.25) is 0 Å². The summed E-state index contributed by atoms with van der Waals surface area (Å²) in [6.45, 7) is 2.12. The fraction of sp³-hybridized carbons (Fsp3) is 0.200. The van der Waals surface area contributed by atoms with Crippen LogP contribution in [0, 0.1) is 0 Å². The van der Waals surface area contributed by atoms with E-state index in [2.05, 4.69) is 49.9 Å². The van der Waals surface area contributed by atoms with E-state index in [1.165, 1.54) is 5.56 Å². The normalized spacial score (nSPS) is 12.6. The maximum atomic E-state index is 5.18. The van der Waals surface area contributed by atoms with Crippen LogP contribution < -0.4 is 4.74 Å². The summed E-state index contributed by atoms with van der Waals surface area (Å²) < 4.78 is 6.11. The van der Waals surface area contributed by atoms with Crippen LogP contribution in [-0.4, -0.2) is 22.1 Å². The number of nitrogens with zero attached hydrogens (tertiary/aromatic N) is 2. The molecule has 0 saturated carbocycles. The molecule has 1 unspecified atom stereocenters. The summed E-state index contributed by atoms with van der Waals surface area (Å²) in [5.41, 5.74) is 2.86. The number of hydrogen-bond acceptors (Lipinski definition) is 3. The molecule has 102 valence electrons. The van der Waals surface area contributed by atoms with Crippen molar-refractivity contribution in [1.82, 2.24) is 15.0 Å². The Kier molecular flexibility index (Phi) is 3.44. The average molecular weight is 332 g/mol. The smallest absolute Gasteiger partial charge is 0.157 e. The van der Waals surface area contributed by atoms with E-state index in [1.807, 2.05) is 18.2 Å². The van der Waals surface area contributed by atoms with Gasteiger partial charge in [0, 0.05) is 16.6 Å².